The molecule has 2 N–H and O–H groups in total. The van der Waals surface area contributed by atoms with E-state index >= 15 is 0 Å². The third-order valence-corrected chi connectivity index (χ3v) is 5.44. The van der Waals surface area contributed by atoms with Crippen LogP contribution in [0.1, 0.15) is 39.9 Å². The normalized spacial score (nSPS) is 13.2. The number of aromatic nitrogens is 2. The number of phenolic OH excluding ortho intramolecular Hbond substituents is 1. The summed E-state index contributed by atoms with van der Waals surface area (Å²) in [6.45, 7) is 4.70. The summed E-state index contributed by atoms with van der Waals surface area (Å²) >= 11 is 0. The number of aryl methyl sites for hydroxylation is 1. The quantitative estimate of drug-likeness (QED) is 0.697. The minimum atomic E-state index is -0.153. The van der Waals surface area contributed by atoms with Crippen molar-refractivity contribution in [2.45, 2.75) is 33.2 Å². The summed E-state index contributed by atoms with van der Waals surface area (Å²) in [5.74, 6) is 0.585. The second kappa shape index (κ2) is 8.10. The highest BCUT2D eigenvalue weighted by Crippen LogP contribution is 2.31. The Bertz CT molecular complexity index is 1140. The number of benzene rings is 2. The first-order valence-electron chi connectivity index (χ1n) is 10.0. The molecular formula is C23H24N4O3. The van der Waals surface area contributed by atoms with Gasteiger partial charge < -0.3 is 15.3 Å². The first-order valence-corrected chi connectivity index (χ1v) is 10.0. The van der Waals surface area contributed by atoms with Crippen LogP contribution in [0, 0.1) is 6.92 Å². The van der Waals surface area contributed by atoms with Gasteiger partial charge in [-0.1, -0.05) is 30.3 Å². The number of nitrogens with zero attached hydrogens (tertiary/aromatic N) is 3. The van der Waals surface area contributed by atoms with E-state index in [0.29, 0.717) is 60.6 Å². The molecule has 4 rings (SSSR count). The van der Waals surface area contributed by atoms with Crippen molar-refractivity contribution in [3.05, 3.63) is 64.6 Å². The highest BCUT2D eigenvalue weighted by molar-refractivity contribution is 6.04. The Hall–Kier alpha value is -3.48. The topological polar surface area (TPSA) is 95.4 Å². The zero-order valence-corrected chi connectivity index (χ0v) is 17.1. The van der Waals surface area contributed by atoms with Gasteiger partial charge in [0, 0.05) is 43.9 Å². The SMILES string of the molecule is CC(=O)NCCc1nc(C(=O)N2CCc3c(ccc(C)c3O)C2)c2ccccc2n1. The molecular weight excluding hydrogens is 380 g/mol. The van der Waals surface area contributed by atoms with Crippen LogP contribution in [0.25, 0.3) is 10.9 Å². The van der Waals surface area contributed by atoms with Crippen molar-refractivity contribution in [1.82, 2.24) is 20.2 Å². The Kier molecular flexibility index (Phi) is 5.35. The fraction of sp³-hybridized carbons (Fsp3) is 0.304. The molecule has 0 aliphatic carbocycles. The van der Waals surface area contributed by atoms with E-state index in [9.17, 15) is 14.7 Å². The second-order valence-electron chi connectivity index (χ2n) is 7.58. The summed E-state index contributed by atoms with van der Waals surface area (Å²) in [6, 6.07) is 11.3. The Balaban J connectivity index is 1.65. The zero-order chi connectivity index (χ0) is 21.3. The number of carbonyl (C=O) groups is 2. The van der Waals surface area contributed by atoms with Crippen LogP contribution in [0.3, 0.4) is 0 Å². The van der Waals surface area contributed by atoms with Crippen molar-refractivity contribution in [3.63, 3.8) is 0 Å². The highest BCUT2D eigenvalue weighted by atomic mass is 16.3. The molecule has 3 aromatic rings. The fourth-order valence-electron chi connectivity index (χ4n) is 3.83. The van der Waals surface area contributed by atoms with Crippen LogP contribution < -0.4 is 5.32 Å². The number of nitrogens with one attached hydrogen (secondary N) is 1. The number of carbonyl (C=O) groups excluding carboxylic acids is 2. The molecule has 0 fully saturated rings. The minimum absolute atomic E-state index is 0.113. The van der Waals surface area contributed by atoms with Gasteiger partial charge in [0.1, 0.15) is 17.3 Å². The highest BCUT2D eigenvalue weighted by Gasteiger charge is 2.26. The van der Waals surface area contributed by atoms with Gasteiger partial charge in [0.05, 0.1) is 5.52 Å². The molecule has 0 unspecified atom stereocenters. The molecule has 7 nitrogen and oxygen atoms in total. The standard InChI is InChI=1S/C23H24N4O3/c1-14-7-8-16-13-27(12-10-17(16)22(14)29)23(30)21-18-5-3-4-6-19(18)25-20(26-21)9-11-24-15(2)28/h3-8,29H,9-13H2,1-2H3,(H,24,28). The van der Waals surface area contributed by atoms with E-state index in [1.807, 2.05) is 43.3 Å². The molecule has 154 valence electrons. The fourth-order valence-corrected chi connectivity index (χ4v) is 3.83. The third-order valence-electron chi connectivity index (χ3n) is 5.44. The monoisotopic (exact) mass is 404 g/mol. The number of para-hydroxylation sites is 1. The van der Waals surface area contributed by atoms with Crippen molar-refractivity contribution in [1.29, 1.82) is 0 Å². The van der Waals surface area contributed by atoms with Crippen molar-refractivity contribution >= 4 is 22.7 Å². The molecule has 2 heterocycles. The van der Waals surface area contributed by atoms with Crippen molar-refractivity contribution in [3.8, 4) is 5.75 Å². The average Bonchev–Trinajstić information content (AvgIpc) is 2.75. The van der Waals surface area contributed by atoms with Gasteiger partial charge in [-0.3, -0.25) is 9.59 Å². The first-order chi connectivity index (χ1) is 14.4. The lowest BCUT2D eigenvalue weighted by molar-refractivity contribution is -0.118. The maximum Gasteiger partial charge on any atom is 0.273 e. The lowest BCUT2D eigenvalue weighted by Gasteiger charge is -2.29. The molecule has 1 aromatic heterocycles. The zero-order valence-electron chi connectivity index (χ0n) is 17.1. The lowest BCUT2D eigenvalue weighted by Crippen LogP contribution is -2.36. The molecule has 0 bridgehead atoms. The van der Waals surface area contributed by atoms with Gasteiger partial charge in [-0.05, 0) is 30.5 Å². The maximum absolute atomic E-state index is 13.4. The van der Waals surface area contributed by atoms with Crippen LogP contribution in [0.5, 0.6) is 5.75 Å². The Morgan fingerprint density at radius 3 is 2.77 bits per heavy atom. The number of fused-ring (bicyclic) bond motifs is 2. The van der Waals surface area contributed by atoms with Gasteiger partial charge in [-0.25, -0.2) is 9.97 Å². The predicted molar refractivity (Wildman–Crippen MR) is 113 cm³/mol. The van der Waals surface area contributed by atoms with E-state index in [1.54, 1.807) is 4.90 Å². The van der Waals surface area contributed by atoms with E-state index in [-0.39, 0.29) is 11.8 Å². The Morgan fingerprint density at radius 1 is 1.17 bits per heavy atom. The van der Waals surface area contributed by atoms with Crippen molar-refractivity contribution in [2.24, 2.45) is 0 Å². The summed E-state index contributed by atoms with van der Waals surface area (Å²) in [6.07, 6.45) is 1.05. The number of hydrogen-bond donors (Lipinski definition) is 2. The molecule has 1 aliphatic heterocycles. The summed E-state index contributed by atoms with van der Waals surface area (Å²) in [4.78, 5) is 35.4. The third kappa shape index (κ3) is 3.83. The second-order valence-corrected chi connectivity index (χ2v) is 7.58. The molecule has 2 aromatic carbocycles. The molecule has 1 aliphatic rings. The molecule has 0 saturated carbocycles. The Morgan fingerprint density at radius 2 is 1.97 bits per heavy atom. The summed E-state index contributed by atoms with van der Waals surface area (Å²) in [7, 11) is 0. The predicted octanol–water partition coefficient (Wildman–Crippen LogP) is 2.52. The van der Waals surface area contributed by atoms with Gasteiger partial charge >= 0.3 is 0 Å². The Labute approximate surface area is 174 Å². The maximum atomic E-state index is 13.4. The summed E-state index contributed by atoms with van der Waals surface area (Å²) in [5.41, 5.74) is 3.81. The first kappa shape index (κ1) is 19.8. The van der Waals surface area contributed by atoms with Crippen LogP contribution in [0.4, 0.5) is 0 Å². The van der Waals surface area contributed by atoms with E-state index < -0.39 is 0 Å². The minimum Gasteiger partial charge on any atom is -0.507 e. The van der Waals surface area contributed by atoms with Crippen LogP contribution in [0.15, 0.2) is 36.4 Å². The molecule has 0 spiro atoms. The average molecular weight is 404 g/mol. The van der Waals surface area contributed by atoms with Crippen LogP contribution in [0.2, 0.25) is 0 Å². The van der Waals surface area contributed by atoms with Gasteiger partial charge in [0.25, 0.3) is 5.91 Å². The number of hydrogen-bond acceptors (Lipinski definition) is 5. The van der Waals surface area contributed by atoms with Gasteiger partial charge in [0.15, 0.2) is 0 Å². The van der Waals surface area contributed by atoms with Crippen molar-refractivity contribution in [2.75, 3.05) is 13.1 Å². The van der Waals surface area contributed by atoms with E-state index in [2.05, 4.69) is 15.3 Å². The number of amides is 2. The van der Waals surface area contributed by atoms with Crippen LogP contribution in [-0.4, -0.2) is 44.9 Å². The van der Waals surface area contributed by atoms with E-state index in [4.69, 9.17) is 0 Å². The smallest absolute Gasteiger partial charge is 0.273 e. The molecule has 0 radical (unpaired) electrons. The van der Waals surface area contributed by atoms with Crippen LogP contribution >= 0.6 is 0 Å². The largest absolute Gasteiger partial charge is 0.507 e. The molecule has 0 atom stereocenters. The lowest BCUT2D eigenvalue weighted by atomic mass is 9.96. The molecule has 30 heavy (non-hydrogen) atoms. The van der Waals surface area contributed by atoms with E-state index in [1.165, 1.54) is 6.92 Å². The molecule has 2 amide bonds. The molecule has 7 heteroatoms. The van der Waals surface area contributed by atoms with Gasteiger partial charge in [-0.2, -0.15) is 0 Å². The van der Waals surface area contributed by atoms with E-state index in [0.717, 1.165) is 16.7 Å². The molecule has 0 saturated heterocycles. The van der Waals surface area contributed by atoms with Gasteiger partial charge in [0.2, 0.25) is 5.91 Å². The number of rotatable bonds is 4. The summed E-state index contributed by atoms with van der Waals surface area (Å²) < 4.78 is 0. The summed E-state index contributed by atoms with van der Waals surface area (Å²) in [5, 5.41) is 13.8. The van der Waals surface area contributed by atoms with Crippen molar-refractivity contribution < 1.29 is 14.7 Å². The number of aromatic hydroxyl groups is 1. The van der Waals surface area contributed by atoms with Gasteiger partial charge in [-0.15, -0.1) is 0 Å². The number of phenols is 1. The van der Waals surface area contributed by atoms with Crippen LogP contribution in [-0.2, 0) is 24.2 Å².